The van der Waals surface area contributed by atoms with E-state index in [2.05, 4.69) is 5.32 Å². The summed E-state index contributed by atoms with van der Waals surface area (Å²) in [5.74, 6) is -0.137. The SMILES string of the molecule is CCSC1=CC(=O)C[C@H](c2ccccc2)[C@@H]1C(=O)c1ccccc1NC(C)=O. The molecule has 0 spiro atoms. The lowest BCUT2D eigenvalue weighted by atomic mass is 9.75. The van der Waals surface area contributed by atoms with E-state index < -0.39 is 5.92 Å². The molecular formula is C23H23NO3S. The van der Waals surface area contributed by atoms with Crippen LogP contribution in [0.5, 0.6) is 0 Å². The van der Waals surface area contributed by atoms with Crippen molar-refractivity contribution in [1.29, 1.82) is 0 Å². The van der Waals surface area contributed by atoms with Crippen LogP contribution < -0.4 is 5.32 Å². The summed E-state index contributed by atoms with van der Waals surface area (Å²) in [6.45, 7) is 3.43. The van der Waals surface area contributed by atoms with E-state index in [1.807, 2.05) is 37.3 Å². The highest BCUT2D eigenvalue weighted by atomic mass is 32.2. The van der Waals surface area contributed by atoms with Crippen molar-refractivity contribution in [3.05, 3.63) is 76.7 Å². The standard InChI is InChI=1S/C23H23NO3S/c1-3-28-21-14-17(26)13-19(16-9-5-4-6-10-16)22(21)23(27)18-11-7-8-12-20(18)24-15(2)25/h4-12,14,19,22H,3,13H2,1-2H3,(H,24,25)/t19-,22+/m1/s1. The van der Waals surface area contributed by atoms with Crippen LogP contribution in [-0.4, -0.2) is 23.2 Å². The van der Waals surface area contributed by atoms with Gasteiger partial charge in [-0.05, 0) is 34.4 Å². The predicted molar refractivity (Wildman–Crippen MR) is 114 cm³/mol. The Hall–Kier alpha value is -2.66. The fraction of sp³-hybridized carbons (Fsp3) is 0.261. The first-order valence-corrected chi connectivity index (χ1v) is 10.3. The molecule has 28 heavy (non-hydrogen) atoms. The molecule has 0 radical (unpaired) electrons. The Morgan fingerprint density at radius 2 is 1.75 bits per heavy atom. The molecule has 1 amide bonds. The first-order valence-electron chi connectivity index (χ1n) is 9.34. The summed E-state index contributed by atoms with van der Waals surface area (Å²) < 4.78 is 0. The van der Waals surface area contributed by atoms with Crippen LogP contribution in [0.15, 0.2) is 65.6 Å². The number of amides is 1. The fourth-order valence-corrected chi connectivity index (χ4v) is 4.62. The third kappa shape index (κ3) is 4.42. The first kappa shape index (κ1) is 20.1. The van der Waals surface area contributed by atoms with Gasteiger partial charge in [0.25, 0.3) is 0 Å². The Morgan fingerprint density at radius 1 is 1.07 bits per heavy atom. The molecule has 0 heterocycles. The molecular weight excluding hydrogens is 370 g/mol. The number of allylic oxidation sites excluding steroid dienone is 2. The molecule has 0 aromatic heterocycles. The number of ketones is 2. The molecule has 1 aliphatic rings. The van der Waals surface area contributed by atoms with Gasteiger partial charge >= 0.3 is 0 Å². The van der Waals surface area contributed by atoms with Crippen LogP contribution >= 0.6 is 11.8 Å². The number of hydrogen-bond acceptors (Lipinski definition) is 4. The molecule has 0 aliphatic heterocycles. The lowest BCUT2D eigenvalue weighted by Gasteiger charge is -2.31. The number of nitrogens with one attached hydrogen (secondary N) is 1. The monoisotopic (exact) mass is 393 g/mol. The second-order valence-corrected chi connectivity index (χ2v) is 8.07. The fourth-order valence-electron chi connectivity index (χ4n) is 3.62. The van der Waals surface area contributed by atoms with E-state index in [0.717, 1.165) is 16.2 Å². The minimum absolute atomic E-state index is 0.0454. The van der Waals surface area contributed by atoms with E-state index in [1.165, 1.54) is 18.7 Å². The highest BCUT2D eigenvalue weighted by Gasteiger charge is 2.38. The van der Waals surface area contributed by atoms with Crippen LogP contribution in [0.2, 0.25) is 0 Å². The largest absolute Gasteiger partial charge is 0.326 e. The Kier molecular flexibility index (Phi) is 6.47. The first-order chi connectivity index (χ1) is 13.5. The summed E-state index contributed by atoms with van der Waals surface area (Å²) >= 11 is 1.54. The van der Waals surface area contributed by atoms with E-state index in [9.17, 15) is 14.4 Å². The van der Waals surface area contributed by atoms with Crippen molar-refractivity contribution in [3.8, 4) is 0 Å². The number of rotatable bonds is 6. The molecule has 0 unspecified atom stereocenters. The van der Waals surface area contributed by atoms with Gasteiger partial charge in [-0.1, -0.05) is 49.4 Å². The zero-order valence-electron chi connectivity index (χ0n) is 16.0. The molecule has 5 heteroatoms. The van der Waals surface area contributed by atoms with Gasteiger partial charge in [-0.2, -0.15) is 0 Å². The van der Waals surface area contributed by atoms with Crippen LogP contribution in [0.4, 0.5) is 5.69 Å². The second kappa shape index (κ2) is 9.02. The van der Waals surface area contributed by atoms with Gasteiger partial charge in [-0.3, -0.25) is 14.4 Å². The number of benzene rings is 2. The average molecular weight is 394 g/mol. The molecule has 0 fully saturated rings. The van der Waals surface area contributed by atoms with E-state index in [-0.39, 0.29) is 23.4 Å². The number of para-hydroxylation sites is 1. The Labute approximate surface area is 169 Å². The molecule has 2 atom stereocenters. The summed E-state index contributed by atoms with van der Waals surface area (Å²) in [5.41, 5.74) is 1.96. The third-order valence-electron chi connectivity index (χ3n) is 4.76. The van der Waals surface area contributed by atoms with Crippen molar-refractivity contribution >= 4 is 34.9 Å². The highest BCUT2D eigenvalue weighted by Crippen LogP contribution is 2.44. The number of carbonyl (C=O) groups is 3. The summed E-state index contributed by atoms with van der Waals surface area (Å²) in [6.07, 6.45) is 1.92. The molecule has 0 saturated heterocycles. The molecule has 1 N–H and O–H groups in total. The quantitative estimate of drug-likeness (QED) is 0.714. The predicted octanol–water partition coefficient (Wildman–Crippen LogP) is 4.84. The van der Waals surface area contributed by atoms with Crippen molar-refractivity contribution in [2.45, 2.75) is 26.2 Å². The van der Waals surface area contributed by atoms with Gasteiger partial charge < -0.3 is 5.32 Å². The van der Waals surface area contributed by atoms with Crippen LogP contribution in [0.1, 0.15) is 42.1 Å². The molecule has 144 valence electrons. The van der Waals surface area contributed by atoms with E-state index in [1.54, 1.807) is 30.3 Å². The van der Waals surface area contributed by atoms with Crippen LogP contribution in [0.25, 0.3) is 0 Å². The van der Waals surface area contributed by atoms with E-state index in [0.29, 0.717) is 17.7 Å². The van der Waals surface area contributed by atoms with Crippen molar-refractivity contribution < 1.29 is 14.4 Å². The lowest BCUT2D eigenvalue weighted by molar-refractivity contribution is -0.115. The van der Waals surface area contributed by atoms with Crippen molar-refractivity contribution in [1.82, 2.24) is 0 Å². The summed E-state index contributed by atoms with van der Waals surface area (Å²) in [7, 11) is 0. The molecule has 4 nitrogen and oxygen atoms in total. The number of thioether (sulfide) groups is 1. The molecule has 2 aromatic rings. The number of anilines is 1. The zero-order chi connectivity index (χ0) is 20.1. The molecule has 0 bridgehead atoms. The maximum Gasteiger partial charge on any atom is 0.221 e. The smallest absolute Gasteiger partial charge is 0.221 e. The van der Waals surface area contributed by atoms with Gasteiger partial charge in [-0.15, -0.1) is 11.8 Å². The third-order valence-corrected chi connectivity index (χ3v) is 5.75. The van der Waals surface area contributed by atoms with Crippen LogP contribution in [-0.2, 0) is 9.59 Å². The average Bonchev–Trinajstić information content (AvgIpc) is 2.68. The van der Waals surface area contributed by atoms with Gasteiger partial charge in [0.05, 0.1) is 11.6 Å². The maximum absolute atomic E-state index is 13.7. The van der Waals surface area contributed by atoms with Gasteiger partial charge in [0, 0.05) is 24.8 Å². The van der Waals surface area contributed by atoms with Gasteiger partial charge in [0.1, 0.15) is 0 Å². The van der Waals surface area contributed by atoms with Crippen molar-refractivity contribution in [2.24, 2.45) is 5.92 Å². The Morgan fingerprint density at radius 3 is 2.43 bits per heavy atom. The van der Waals surface area contributed by atoms with E-state index >= 15 is 0 Å². The highest BCUT2D eigenvalue weighted by molar-refractivity contribution is 8.03. The number of hydrogen-bond donors (Lipinski definition) is 1. The maximum atomic E-state index is 13.7. The zero-order valence-corrected chi connectivity index (χ0v) is 16.8. The van der Waals surface area contributed by atoms with Gasteiger partial charge in [0.15, 0.2) is 11.6 Å². The van der Waals surface area contributed by atoms with Gasteiger partial charge in [-0.25, -0.2) is 0 Å². The topological polar surface area (TPSA) is 63.2 Å². The minimum atomic E-state index is -0.444. The van der Waals surface area contributed by atoms with Crippen molar-refractivity contribution in [2.75, 3.05) is 11.1 Å². The molecule has 0 saturated carbocycles. The number of Topliss-reactive ketones (excluding diaryl/α,β-unsaturated/α-hetero) is 1. The van der Waals surface area contributed by atoms with Crippen LogP contribution in [0, 0.1) is 5.92 Å². The second-order valence-electron chi connectivity index (χ2n) is 6.74. The van der Waals surface area contributed by atoms with E-state index in [4.69, 9.17) is 0 Å². The summed E-state index contributed by atoms with van der Waals surface area (Å²) in [4.78, 5) is 38.4. The minimum Gasteiger partial charge on any atom is -0.326 e. The normalized spacial score (nSPS) is 19.1. The Bertz CT molecular complexity index is 920. The molecule has 2 aromatic carbocycles. The number of carbonyl (C=O) groups excluding carboxylic acids is 3. The Balaban J connectivity index is 2.08. The molecule has 3 rings (SSSR count). The summed E-state index contributed by atoms with van der Waals surface area (Å²) in [6, 6.07) is 16.8. The van der Waals surface area contributed by atoms with Crippen LogP contribution in [0.3, 0.4) is 0 Å². The molecule has 1 aliphatic carbocycles. The lowest BCUT2D eigenvalue weighted by Crippen LogP contribution is -2.30. The summed E-state index contributed by atoms with van der Waals surface area (Å²) in [5, 5.41) is 2.75. The van der Waals surface area contributed by atoms with Gasteiger partial charge in [0.2, 0.25) is 5.91 Å². The van der Waals surface area contributed by atoms with Crippen molar-refractivity contribution in [3.63, 3.8) is 0 Å².